The number of hydrogen-bond acceptors (Lipinski definition) is 4. The van der Waals surface area contributed by atoms with Crippen molar-refractivity contribution in [2.45, 2.75) is 6.92 Å². The van der Waals surface area contributed by atoms with E-state index in [2.05, 4.69) is 0 Å². The second kappa shape index (κ2) is 3.33. The number of hydrogen-bond donors (Lipinski definition) is 2. The van der Waals surface area contributed by atoms with Crippen LogP contribution in [0.2, 0.25) is 0 Å². The Balaban J connectivity index is 3.58. The van der Waals surface area contributed by atoms with E-state index >= 15 is 0 Å². The molecule has 0 aromatic heterocycles. The minimum Gasteiger partial charge on any atom is -0.477 e. The van der Waals surface area contributed by atoms with Gasteiger partial charge in [-0.1, -0.05) is 6.07 Å². The number of aromatic carboxylic acids is 1. The number of carboxylic acid groups (broad SMARTS) is 1. The number of nitrogens with two attached hydrogens (primary N) is 1. The van der Waals surface area contributed by atoms with Crippen molar-refractivity contribution in [1.29, 1.82) is 0 Å². The zero-order chi connectivity index (χ0) is 10.9. The lowest BCUT2D eigenvalue weighted by atomic mass is 10.1. The summed E-state index contributed by atoms with van der Waals surface area (Å²) >= 11 is 0. The molecule has 0 aliphatic rings. The van der Waals surface area contributed by atoms with Crippen LogP contribution in [0.5, 0.6) is 0 Å². The van der Waals surface area contributed by atoms with E-state index in [1.165, 1.54) is 19.1 Å². The largest absolute Gasteiger partial charge is 0.477 e. The van der Waals surface area contributed by atoms with Crippen LogP contribution in [-0.4, -0.2) is 16.0 Å². The molecule has 0 heterocycles. The Hall–Kier alpha value is -2.11. The van der Waals surface area contributed by atoms with Crippen LogP contribution in [0.3, 0.4) is 0 Å². The zero-order valence-electron chi connectivity index (χ0n) is 7.35. The Kier molecular flexibility index (Phi) is 2.37. The molecule has 6 heteroatoms. The lowest BCUT2D eigenvalue weighted by Crippen LogP contribution is -2.08. The third-order valence-corrected chi connectivity index (χ3v) is 1.81. The van der Waals surface area contributed by atoms with E-state index in [0.29, 0.717) is 0 Å². The first-order valence-electron chi connectivity index (χ1n) is 3.72. The van der Waals surface area contributed by atoms with Crippen LogP contribution in [0.1, 0.15) is 15.9 Å². The van der Waals surface area contributed by atoms with Crippen molar-refractivity contribution < 1.29 is 14.8 Å². The van der Waals surface area contributed by atoms with Crippen LogP contribution in [0, 0.1) is 17.0 Å². The van der Waals surface area contributed by atoms with Gasteiger partial charge in [-0.05, 0) is 13.0 Å². The lowest BCUT2D eigenvalue weighted by molar-refractivity contribution is -0.385. The summed E-state index contributed by atoms with van der Waals surface area (Å²) in [5, 5.41) is 19.3. The van der Waals surface area contributed by atoms with Crippen molar-refractivity contribution in [1.82, 2.24) is 0 Å². The van der Waals surface area contributed by atoms with E-state index in [1.54, 1.807) is 0 Å². The first-order chi connectivity index (χ1) is 6.45. The molecule has 1 rings (SSSR count). The van der Waals surface area contributed by atoms with Crippen LogP contribution < -0.4 is 5.73 Å². The molecule has 6 nitrogen and oxygen atoms in total. The van der Waals surface area contributed by atoms with Gasteiger partial charge >= 0.3 is 5.97 Å². The van der Waals surface area contributed by atoms with Crippen molar-refractivity contribution in [3.63, 3.8) is 0 Å². The molecule has 1 aromatic rings. The highest BCUT2D eigenvalue weighted by molar-refractivity contribution is 5.98. The van der Waals surface area contributed by atoms with Crippen molar-refractivity contribution in [3.8, 4) is 0 Å². The van der Waals surface area contributed by atoms with Gasteiger partial charge in [-0.2, -0.15) is 0 Å². The van der Waals surface area contributed by atoms with Gasteiger partial charge in [0.25, 0.3) is 5.69 Å². The lowest BCUT2D eigenvalue weighted by Gasteiger charge is -2.03. The topological polar surface area (TPSA) is 106 Å². The summed E-state index contributed by atoms with van der Waals surface area (Å²) in [6.07, 6.45) is 0. The van der Waals surface area contributed by atoms with Gasteiger partial charge in [-0.15, -0.1) is 0 Å². The molecule has 0 amide bonds. The number of carbonyl (C=O) groups is 1. The molecule has 0 radical (unpaired) electrons. The van der Waals surface area contributed by atoms with E-state index in [0.717, 1.165) is 0 Å². The second-order valence-corrected chi connectivity index (χ2v) is 2.76. The molecule has 0 bridgehead atoms. The van der Waals surface area contributed by atoms with Crippen LogP contribution in [0.25, 0.3) is 0 Å². The first kappa shape index (κ1) is 9.97. The molecule has 0 aliphatic heterocycles. The monoisotopic (exact) mass is 196 g/mol. The molecule has 0 unspecified atom stereocenters. The first-order valence-corrected chi connectivity index (χ1v) is 3.72. The maximum absolute atomic E-state index is 10.7. The van der Waals surface area contributed by atoms with E-state index in [4.69, 9.17) is 10.8 Å². The summed E-state index contributed by atoms with van der Waals surface area (Å²) in [5.41, 5.74) is 4.63. The number of benzene rings is 1. The van der Waals surface area contributed by atoms with Crippen LogP contribution in [0.15, 0.2) is 12.1 Å². The second-order valence-electron chi connectivity index (χ2n) is 2.76. The summed E-state index contributed by atoms with van der Waals surface area (Å²) < 4.78 is 0. The number of nitrogens with zero attached hydrogens (tertiary/aromatic N) is 1. The predicted octanol–water partition coefficient (Wildman–Crippen LogP) is 1.18. The summed E-state index contributed by atoms with van der Waals surface area (Å²) in [7, 11) is 0. The van der Waals surface area contributed by atoms with E-state index in [1.807, 2.05) is 0 Å². The molecule has 0 atom stereocenters. The predicted molar refractivity (Wildman–Crippen MR) is 49.2 cm³/mol. The Bertz CT molecular complexity index is 375. The number of carboxylic acids is 1. The van der Waals surface area contributed by atoms with Crippen molar-refractivity contribution in [2.75, 3.05) is 5.73 Å². The number of nitro groups is 1. The fourth-order valence-electron chi connectivity index (χ4n) is 1.17. The third-order valence-electron chi connectivity index (χ3n) is 1.81. The maximum Gasteiger partial charge on any atom is 0.344 e. The molecule has 74 valence electrons. The molecule has 3 N–H and O–H groups in total. The zero-order valence-corrected chi connectivity index (χ0v) is 7.35. The Morgan fingerprint density at radius 1 is 1.57 bits per heavy atom. The maximum atomic E-state index is 10.7. The average Bonchev–Trinajstić information content (AvgIpc) is 2.07. The molecule has 0 saturated carbocycles. The van der Waals surface area contributed by atoms with E-state index in [-0.39, 0.29) is 11.3 Å². The molecule has 0 aliphatic carbocycles. The average molecular weight is 196 g/mol. The highest BCUT2D eigenvalue weighted by atomic mass is 16.6. The number of rotatable bonds is 2. The van der Waals surface area contributed by atoms with Gasteiger partial charge in [-0.25, -0.2) is 4.79 Å². The normalized spacial score (nSPS) is 9.79. The van der Waals surface area contributed by atoms with Gasteiger partial charge in [0, 0.05) is 5.56 Å². The van der Waals surface area contributed by atoms with Crippen molar-refractivity contribution in [3.05, 3.63) is 33.4 Å². The van der Waals surface area contributed by atoms with Gasteiger partial charge in [-0.3, -0.25) is 10.1 Å². The van der Waals surface area contributed by atoms with Crippen LogP contribution >= 0.6 is 0 Å². The molecular formula is C8H8N2O4. The molecule has 0 spiro atoms. The highest BCUT2D eigenvalue weighted by Crippen LogP contribution is 2.27. The van der Waals surface area contributed by atoms with Gasteiger partial charge in [0.15, 0.2) is 5.56 Å². The van der Waals surface area contributed by atoms with Gasteiger partial charge in [0.1, 0.15) is 0 Å². The number of nitrogen functional groups attached to an aromatic ring is 1. The summed E-state index contributed by atoms with van der Waals surface area (Å²) in [6, 6.07) is 2.76. The standard InChI is InChI=1S/C8H8N2O4/c1-4-2-3-5(9)6(8(11)12)7(4)10(13)14/h2-3H,9H2,1H3,(H,11,12). The van der Waals surface area contributed by atoms with Gasteiger partial charge in [0.2, 0.25) is 0 Å². The quantitative estimate of drug-likeness (QED) is 0.419. The minimum absolute atomic E-state index is 0.102. The minimum atomic E-state index is -1.39. The summed E-state index contributed by atoms with van der Waals surface area (Å²) in [4.78, 5) is 20.6. The molecular weight excluding hydrogens is 188 g/mol. The number of anilines is 1. The van der Waals surface area contributed by atoms with E-state index < -0.39 is 22.1 Å². The fraction of sp³-hybridized carbons (Fsp3) is 0.125. The molecule has 0 saturated heterocycles. The smallest absolute Gasteiger partial charge is 0.344 e. The molecule has 14 heavy (non-hydrogen) atoms. The number of aryl methyl sites for hydroxylation is 1. The third kappa shape index (κ3) is 1.49. The van der Waals surface area contributed by atoms with Gasteiger partial charge < -0.3 is 10.8 Å². The number of nitro benzene ring substituents is 1. The molecule has 0 fully saturated rings. The Labute approximate surface area is 79.1 Å². The van der Waals surface area contributed by atoms with Gasteiger partial charge in [0.05, 0.1) is 10.6 Å². The Morgan fingerprint density at radius 2 is 2.14 bits per heavy atom. The van der Waals surface area contributed by atoms with Crippen molar-refractivity contribution >= 4 is 17.3 Å². The Morgan fingerprint density at radius 3 is 2.50 bits per heavy atom. The van der Waals surface area contributed by atoms with Crippen molar-refractivity contribution in [2.24, 2.45) is 0 Å². The van der Waals surface area contributed by atoms with Crippen LogP contribution in [-0.2, 0) is 0 Å². The molecule has 1 aromatic carbocycles. The summed E-state index contributed by atoms with van der Waals surface area (Å²) in [5.74, 6) is -1.39. The SMILES string of the molecule is Cc1ccc(N)c(C(=O)O)c1[N+](=O)[O-]. The van der Waals surface area contributed by atoms with Crippen LogP contribution in [0.4, 0.5) is 11.4 Å². The van der Waals surface area contributed by atoms with E-state index in [9.17, 15) is 14.9 Å². The fourth-order valence-corrected chi connectivity index (χ4v) is 1.17. The summed E-state index contributed by atoms with van der Waals surface area (Å²) in [6.45, 7) is 1.46. The highest BCUT2D eigenvalue weighted by Gasteiger charge is 2.24.